The molecule has 2 aromatic carbocycles. The quantitative estimate of drug-likeness (QED) is 0.672. The molecule has 1 aromatic heterocycles. The number of carbonyl (C=O) groups excluding carboxylic acids is 1. The third-order valence-electron chi connectivity index (χ3n) is 4.74. The van der Waals surface area contributed by atoms with Gasteiger partial charge in [-0.25, -0.2) is 0 Å². The van der Waals surface area contributed by atoms with Gasteiger partial charge in [-0.3, -0.25) is 4.79 Å². The summed E-state index contributed by atoms with van der Waals surface area (Å²) in [5, 5.41) is 4.75. The number of amides is 1. The number of methoxy groups -OCH3 is 1. The molecule has 0 atom stereocenters. The van der Waals surface area contributed by atoms with E-state index in [9.17, 15) is 4.79 Å². The Morgan fingerprint density at radius 3 is 2.62 bits per heavy atom. The molecule has 0 unspecified atom stereocenters. The molecule has 1 heterocycles. The summed E-state index contributed by atoms with van der Waals surface area (Å²) < 4.78 is 5.16. The van der Waals surface area contributed by atoms with Crippen molar-refractivity contribution in [2.45, 2.75) is 25.7 Å². The lowest BCUT2D eigenvalue weighted by Crippen LogP contribution is -2.40. The summed E-state index contributed by atoms with van der Waals surface area (Å²) >= 11 is 6.04. The number of hydrogen-bond acceptors (Lipinski definition) is 2. The number of aromatic amines is 1. The van der Waals surface area contributed by atoms with Crippen LogP contribution in [0.5, 0.6) is 5.75 Å². The lowest BCUT2D eigenvalue weighted by molar-refractivity contribution is -0.125. The number of H-pyrrole nitrogens is 1. The van der Waals surface area contributed by atoms with Gasteiger partial charge >= 0.3 is 0 Å². The number of ether oxygens (including phenoxy) is 1. The largest absolute Gasteiger partial charge is 0.497 e. The molecule has 0 aliphatic carbocycles. The Morgan fingerprint density at radius 1 is 1.19 bits per heavy atom. The van der Waals surface area contributed by atoms with Crippen LogP contribution in [0.3, 0.4) is 0 Å². The van der Waals surface area contributed by atoms with Crippen molar-refractivity contribution in [1.29, 1.82) is 0 Å². The maximum Gasteiger partial charge on any atom is 0.230 e. The van der Waals surface area contributed by atoms with Crippen molar-refractivity contribution in [2.24, 2.45) is 0 Å². The third-order valence-corrected chi connectivity index (χ3v) is 4.98. The summed E-state index contributed by atoms with van der Waals surface area (Å²) in [5.41, 5.74) is 2.41. The number of fused-ring (bicyclic) bond motifs is 1. The van der Waals surface area contributed by atoms with Crippen LogP contribution in [-0.4, -0.2) is 24.5 Å². The van der Waals surface area contributed by atoms with E-state index in [2.05, 4.69) is 10.3 Å². The first-order valence-corrected chi connectivity index (χ1v) is 8.98. The average molecular weight is 371 g/mol. The van der Waals surface area contributed by atoms with Gasteiger partial charge in [-0.15, -0.1) is 0 Å². The van der Waals surface area contributed by atoms with Gasteiger partial charge in [0, 0.05) is 28.7 Å². The van der Waals surface area contributed by atoms with Crippen LogP contribution in [0.2, 0.25) is 5.02 Å². The minimum atomic E-state index is -0.647. The molecule has 26 heavy (non-hydrogen) atoms. The van der Waals surface area contributed by atoms with Crippen LogP contribution in [0.15, 0.2) is 48.7 Å². The fourth-order valence-electron chi connectivity index (χ4n) is 3.07. The lowest BCUT2D eigenvalue weighted by Gasteiger charge is -2.23. The van der Waals surface area contributed by atoms with Crippen molar-refractivity contribution in [1.82, 2.24) is 10.3 Å². The van der Waals surface area contributed by atoms with Crippen LogP contribution in [0.25, 0.3) is 10.9 Å². The second kappa shape index (κ2) is 7.42. The number of rotatable bonds is 6. The van der Waals surface area contributed by atoms with Gasteiger partial charge in [0.25, 0.3) is 0 Å². The van der Waals surface area contributed by atoms with E-state index < -0.39 is 5.41 Å². The summed E-state index contributed by atoms with van der Waals surface area (Å²) in [4.78, 5) is 16.0. The lowest BCUT2D eigenvalue weighted by atomic mass is 9.83. The maximum absolute atomic E-state index is 12.8. The van der Waals surface area contributed by atoms with Crippen LogP contribution in [0, 0.1) is 0 Å². The smallest absolute Gasteiger partial charge is 0.230 e. The third kappa shape index (κ3) is 3.70. The molecule has 0 aliphatic heterocycles. The molecule has 0 fully saturated rings. The zero-order valence-electron chi connectivity index (χ0n) is 15.2. The van der Waals surface area contributed by atoms with E-state index in [1.807, 2.05) is 62.5 Å². The fourth-order valence-corrected chi connectivity index (χ4v) is 3.24. The van der Waals surface area contributed by atoms with Gasteiger partial charge in [0.1, 0.15) is 5.75 Å². The number of halogens is 1. The first-order valence-electron chi connectivity index (χ1n) is 8.60. The first kappa shape index (κ1) is 18.3. The zero-order valence-corrected chi connectivity index (χ0v) is 16.0. The van der Waals surface area contributed by atoms with Gasteiger partial charge in [0.2, 0.25) is 5.91 Å². The number of aromatic nitrogens is 1. The van der Waals surface area contributed by atoms with Crippen LogP contribution >= 0.6 is 11.6 Å². The Bertz CT molecular complexity index is 913. The van der Waals surface area contributed by atoms with E-state index in [4.69, 9.17) is 16.3 Å². The number of hydrogen-bond donors (Lipinski definition) is 2. The van der Waals surface area contributed by atoms with Crippen LogP contribution in [0.1, 0.15) is 25.0 Å². The molecule has 136 valence electrons. The molecule has 0 spiro atoms. The topological polar surface area (TPSA) is 54.1 Å². The highest BCUT2D eigenvalue weighted by atomic mass is 35.5. The predicted molar refractivity (Wildman–Crippen MR) is 106 cm³/mol. The van der Waals surface area contributed by atoms with Crippen molar-refractivity contribution in [3.63, 3.8) is 0 Å². The molecule has 4 nitrogen and oxygen atoms in total. The predicted octanol–water partition coefficient (Wildman–Crippen LogP) is 4.47. The molecule has 0 aliphatic rings. The Morgan fingerprint density at radius 2 is 1.92 bits per heavy atom. The maximum atomic E-state index is 12.8. The zero-order chi connectivity index (χ0) is 18.7. The van der Waals surface area contributed by atoms with Gasteiger partial charge in [0.05, 0.1) is 12.5 Å². The van der Waals surface area contributed by atoms with Gasteiger partial charge in [0.15, 0.2) is 0 Å². The van der Waals surface area contributed by atoms with Crippen molar-refractivity contribution in [3.8, 4) is 5.75 Å². The normalized spacial score (nSPS) is 11.5. The van der Waals surface area contributed by atoms with Crippen LogP contribution < -0.4 is 10.1 Å². The number of nitrogens with one attached hydrogen (secondary N) is 2. The standard InChI is InChI=1S/C21H23ClN2O2/c1-21(2,18-13-24-19-12-15(22)6-9-17(18)19)20(25)23-11-10-14-4-7-16(26-3)8-5-14/h4-9,12-13,24H,10-11H2,1-3H3,(H,23,25). The van der Waals surface area contributed by atoms with E-state index in [1.165, 1.54) is 0 Å². The SMILES string of the molecule is COc1ccc(CCNC(=O)C(C)(C)c2c[nH]c3cc(Cl)ccc23)cc1. The minimum absolute atomic E-state index is 0.00172. The van der Waals surface area contributed by atoms with Crippen molar-refractivity contribution in [3.05, 3.63) is 64.8 Å². The van der Waals surface area contributed by atoms with Crippen molar-refractivity contribution in [2.75, 3.05) is 13.7 Å². The summed E-state index contributed by atoms with van der Waals surface area (Å²) in [6, 6.07) is 13.6. The Labute approximate surface area is 158 Å². The molecule has 0 radical (unpaired) electrons. The Kier molecular flexibility index (Phi) is 5.23. The molecule has 0 saturated carbocycles. The van der Waals surface area contributed by atoms with Gasteiger partial charge < -0.3 is 15.0 Å². The van der Waals surface area contributed by atoms with E-state index in [0.29, 0.717) is 11.6 Å². The van der Waals surface area contributed by atoms with E-state index in [0.717, 1.165) is 34.2 Å². The van der Waals surface area contributed by atoms with Gasteiger partial charge in [-0.05, 0) is 55.7 Å². The second-order valence-electron chi connectivity index (χ2n) is 6.87. The molecule has 0 saturated heterocycles. The van der Waals surface area contributed by atoms with Crippen molar-refractivity contribution >= 4 is 28.4 Å². The van der Waals surface area contributed by atoms with E-state index in [-0.39, 0.29) is 5.91 Å². The summed E-state index contributed by atoms with van der Waals surface area (Å²) in [7, 11) is 1.65. The second-order valence-corrected chi connectivity index (χ2v) is 7.31. The minimum Gasteiger partial charge on any atom is -0.497 e. The highest BCUT2D eigenvalue weighted by molar-refractivity contribution is 6.31. The monoisotopic (exact) mass is 370 g/mol. The summed E-state index contributed by atoms with van der Waals surface area (Å²) in [6.45, 7) is 4.46. The molecular formula is C21H23ClN2O2. The summed E-state index contributed by atoms with van der Waals surface area (Å²) in [5.74, 6) is 0.834. The fraction of sp³-hybridized carbons (Fsp3) is 0.286. The van der Waals surface area contributed by atoms with Gasteiger partial charge in [-0.1, -0.05) is 29.8 Å². The molecule has 2 N–H and O–H groups in total. The number of carbonyl (C=O) groups is 1. The highest BCUT2D eigenvalue weighted by Gasteiger charge is 2.31. The molecule has 3 aromatic rings. The Balaban J connectivity index is 1.67. The molecular weight excluding hydrogens is 348 g/mol. The first-order chi connectivity index (χ1) is 12.4. The Hall–Kier alpha value is -2.46. The van der Waals surface area contributed by atoms with Crippen LogP contribution in [-0.2, 0) is 16.6 Å². The molecule has 0 bridgehead atoms. The molecule has 3 rings (SSSR count). The number of benzene rings is 2. The van der Waals surface area contributed by atoms with Crippen molar-refractivity contribution < 1.29 is 9.53 Å². The van der Waals surface area contributed by atoms with Gasteiger partial charge in [-0.2, -0.15) is 0 Å². The van der Waals surface area contributed by atoms with E-state index in [1.54, 1.807) is 7.11 Å². The van der Waals surface area contributed by atoms with E-state index >= 15 is 0 Å². The summed E-state index contributed by atoms with van der Waals surface area (Å²) in [6.07, 6.45) is 2.67. The highest BCUT2D eigenvalue weighted by Crippen LogP contribution is 2.31. The average Bonchev–Trinajstić information content (AvgIpc) is 3.05. The molecule has 5 heteroatoms. The van der Waals surface area contributed by atoms with Crippen LogP contribution in [0.4, 0.5) is 0 Å². The molecule has 1 amide bonds.